The van der Waals surface area contributed by atoms with Crippen LogP contribution in [0.4, 0.5) is 0 Å². The Morgan fingerprint density at radius 1 is 0.603 bits per heavy atom. The molecule has 4 heterocycles. The smallest absolute Gasteiger partial charge is 0.244 e. The summed E-state index contributed by atoms with van der Waals surface area (Å²) in [5, 5.41) is 0. The SMILES string of the molecule is CC(C)(C)n1cc[n+](CP2(=O)[C@H](c3ccccc3)CC[C@H]2c2ccccc2)c1.CC(C)(C)n1cc[n+](CP2[C@H](c3ccccc3)CC[C@H]2c2ccccc2)c1.CC1(C)C2CC[C@@]1(CS(=O)(=O)C(C)(C)C)C(=O)C2. The van der Waals surface area contributed by atoms with Gasteiger partial charge in [0.1, 0.15) is 61.4 Å². The zero-order chi connectivity index (χ0) is 52.6. The van der Waals surface area contributed by atoms with Crippen LogP contribution in [0.25, 0.3) is 0 Å². The maximum Gasteiger partial charge on any atom is 0.244 e. The van der Waals surface area contributed by atoms with Gasteiger partial charge in [0.2, 0.25) is 12.7 Å². The Balaban J connectivity index is 0.000000150. The van der Waals surface area contributed by atoms with Gasteiger partial charge in [0.15, 0.2) is 9.84 Å². The third-order valence-electron chi connectivity index (χ3n) is 17.2. The number of carbonyl (C=O) groups excluding carboxylic acids is 1. The average Bonchev–Trinajstić information content (AvgIpc) is 4.21. The fraction of sp³-hybridized carbons (Fsp3) is 0.500. The van der Waals surface area contributed by atoms with Crippen molar-refractivity contribution >= 4 is 30.7 Å². The summed E-state index contributed by atoms with van der Waals surface area (Å²) in [6, 6.07) is 43.3. The van der Waals surface area contributed by atoms with Crippen molar-refractivity contribution in [2.24, 2.45) is 16.7 Å². The van der Waals surface area contributed by atoms with E-state index in [1.54, 1.807) is 20.8 Å². The molecule has 10 rings (SSSR count). The number of hydrogen-bond acceptors (Lipinski definition) is 4. The predicted octanol–water partition coefficient (Wildman–Crippen LogP) is 15.0. The van der Waals surface area contributed by atoms with Crippen LogP contribution in [0.15, 0.2) is 159 Å². The van der Waals surface area contributed by atoms with Crippen molar-refractivity contribution in [1.82, 2.24) is 9.13 Å². The molecule has 4 aliphatic rings. The zero-order valence-corrected chi connectivity index (χ0v) is 48.3. The molecule has 8 nitrogen and oxygen atoms in total. The first-order valence-electron chi connectivity index (χ1n) is 26.8. The van der Waals surface area contributed by atoms with Crippen LogP contribution < -0.4 is 9.13 Å². The van der Waals surface area contributed by atoms with E-state index < -0.39 is 27.1 Å². The normalized spacial score (nSPS) is 24.7. The van der Waals surface area contributed by atoms with Gasteiger partial charge in [-0.05, 0) is 142 Å². The van der Waals surface area contributed by atoms with Crippen LogP contribution in [0.3, 0.4) is 0 Å². The van der Waals surface area contributed by atoms with Gasteiger partial charge in [-0.3, -0.25) is 4.79 Å². The monoisotopic (exact) mass is 1040 g/mol. The fourth-order valence-electron chi connectivity index (χ4n) is 12.3. The van der Waals surface area contributed by atoms with Crippen LogP contribution in [0.1, 0.15) is 166 Å². The predicted molar refractivity (Wildman–Crippen MR) is 301 cm³/mol. The van der Waals surface area contributed by atoms with Crippen LogP contribution in [0.2, 0.25) is 0 Å². The summed E-state index contributed by atoms with van der Waals surface area (Å²) >= 11 is 0. The maximum absolute atomic E-state index is 14.7. The first kappa shape index (κ1) is 54.8. The quantitative estimate of drug-likeness (QED) is 0.101. The average molecular weight is 1040 g/mol. The molecule has 2 aromatic heterocycles. The van der Waals surface area contributed by atoms with Gasteiger partial charge < -0.3 is 4.57 Å². The molecule has 0 N–H and O–H groups in total. The number of carbonyl (C=O) groups is 1. The minimum Gasteiger partial charge on any atom is -0.318 e. The maximum atomic E-state index is 14.7. The van der Waals surface area contributed by atoms with E-state index in [9.17, 15) is 17.8 Å². The van der Waals surface area contributed by atoms with Gasteiger partial charge in [-0.25, -0.2) is 26.7 Å². The Labute approximate surface area is 440 Å². The van der Waals surface area contributed by atoms with Crippen molar-refractivity contribution in [3.8, 4) is 0 Å². The van der Waals surface area contributed by atoms with E-state index in [0.29, 0.717) is 29.9 Å². The van der Waals surface area contributed by atoms with Gasteiger partial charge in [-0.15, -0.1) is 0 Å². The second kappa shape index (κ2) is 21.3. The molecule has 4 aromatic carbocycles. The molecule has 0 radical (unpaired) electrons. The molecular formula is C62H84N4O4P2S+2. The van der Waals surface area contributed by atoms with Gasteiger partial charge in [-0.2, -0.15) is 0 Å². The van der Waals surface area contributed by atoms with E-state index in [4.69, 9.17) is 0 Å². The summed E-state index contributed by atoms with van der Waals surface area (Å²) in [5.74, 6) is 0.586. The number of rotatable bonds is 10. The van der Waals surface area contributed by atoms with Crippen molar-refractivity contribution in [3.05, 3.63) is 181 Å². The number of benzene rings is 4. The number of hydrogen-bond donors (Lipinski definition) is 0. The van der Waals surface area contributed by atoms with E-state index in [0.717, 1.165) is 32.0 Å². The molecule has 0 amide bonds. The van der Waals surface area contributed by atoms with Gasteiger partial charge in [0.05, 0.1) is 10.5 Å². The molecule has 6 aromatic rings. The van der Waals surface area contributed by atoms with Crippen molar-refractivity contribution in [2.45, 2.75) is 172 Å². The van der Waals surface area contributed by atoms with E-state index in [1.165, 1.54) is 35.1 Å². The van der Waals surface area contributed by atoms with Crippen molar-refractivity contribution in [2.75, 3.05) is 5.75 Å². The minimum absolute atomic E-state index is 0.0209. The molecule has 0 spiro atoms. The first-order valence-corrected chi connectivity index (χ1v) is 32.1. The summed E-state index contributed by atoms with van der Waals surface area (Å²) in [4.78, 5) is 12.3. The molecule has 2 aliphatic heterocycles. The number of ketones is 1. The molecule has 6 atom stereocenters. The largest absolute Gasteiger partial charge is 0.318 e. The van der Waals surface area contributed by atoms with Crippen LogP contribution in [-0.2, 0) is 42.8 Å². The highest BCUT2D eigenvalue weighted by Gasteiger charge is 2.66. The zero-order valence-electron chi connectivity index (χ0n) is 45.7. The van der Waals surface area contributed by atoms with Gasteiger partial charge in [0.25, 0.3) is 0 Å². The van der Waals surface area contributed by atoms with Crippen LogP contribution in [-0.4, -0.2) is 33.8 Å². The second-order valence-corrected chi connectivity index (χ2v) is 33.6. The second-order valence-electron chi connectivity index (χ2n) is 25.1. The Kier molecular flexibility index (Phi) is 16.0. The topological polar surface area (TPSA) is 85.9 Å². The summed E-state index contributed by atoms with van der Waals surface area (Å²) in [6.07, 6.45) is 21.7. The molecule has 1 unspecified atom stereocenters. The first-order chi connectivity index (χ1) is 34.3. The van der Waals surface area contributed by atoms with E-state index >= 15 is 0 Å². The highest BCUT2D eigenvalue weighted by atomic mass is 32.2. The Morgan fingerprint density at radius 3 is 1.38 bits per heavy atom. The van der Waals surface area contributed by atoms with Crippen molar-refractivity contribution in [3.63, 3.8) is 0 Å². The van der Waals surface area contributed by atoms with E-state index in [-0.39, 0.29) is 47.3 Å². The fourth-order valence-corrected chi connectivity index (χ4v) is 21.6. The van der Waals surface area contributed by atoms with E-state index in [2.05, 4.69) is 220 Å². The summed E-state index contributed by atoms with van der Waals surface area (Å²) in [5.41, 5.74) is 6.50. The molecular weight excluding hydrogens is 959 g/mol. The molecule has 2 aliphatic carbocycles. The lowest BCUT2D eigenvalue weighted by Crippen LogP contribution is -2.46. The lowest BCUT2D eigenvalue weighted by atomic mass is 9.70. The molecule has 73 heavy (non-hydrogen) atoms. The van der Waals surface area contributed by atoms with Gasteiger partial charge in [0, 0.05) is 34.5 Å². The van der Waals surface area contributed by atoms with E-state index in [1.807, 2.05) is 12.1 Å². The van der Waals surface area contributed by atoms with Crippen LogP contribution in [0, 0.1) is 16.7 Å². The van der Waals surface area contributed by atoms with Crippen LogP contribution >= 0.6 is 15.1 Å². The molecule has 11 heteroatoms. The van der Waals surface area contributed by atoms with Crippen molar-refractivity contribution < 1.29 is 26.9 Å². The van der Waals surface area contributed by atoms with Gasteiger partial charge >= 0.3 is 0 Å². The van der Waals surface area contributed by atoms with Gasteiger partial charge in [-0.1, -0.05) is 135 Å². The highest BCUT2D eigenvalue weighted by molar-refractivity contribution is 7.92. The minimum atomic E-state index is -3.25. The Bertz CT molecular complexity index is 2850. The molecule has 390 valence electrons. The number of imidazole rings is 2. The number of aromatic nitrogens is 4. The molecule has 2 saturated heterocycles. The lowest BCUT2D eigenvalue weighted by Gasteiger charge is -2.38. The Hall–Kier alpha value is -4.42. The summed E-state index contributed by atoms with van der Waals surface area (Å²) in [7, 11) is -5.97. The van der Waals surface area contributed by atoms with Crippen LogP contribution in [0.5, 0.6) is 0 Å². The lowest BCUT2D eigenvalue weighted by molar-refractivity contribution is -0.678. The number of nitrogens with zero attached hydrogens (tertiary/aromatic N) is 4. The number of fused-ring (bicyclic) bond motifs is 2. The Morgan fingerprint density at radius 2 is 1.01 bits per heavy atom. The molecule has 2 bridgehead atoms. The standard InChI is InChI=1S/C24H30N2OP.C24H30N2P.C14H24O3S/c1-24(2,3)26-17-16-25(18-26)19-28(27)22(20-10-6-4-7-11-20)14-15-23(28)21-12-8-5-9-13-21;1-24(2,3)26-17-16-25(18-26)19-27-22(20-10-6-4-7-11-20)14-15-23(27)21-12-8-5-9-13-21;1-12(2,3)18(16,17)9-14-7-6-10(8-11(14)15)13(14,4)5/h4-13,16-18,22-23H,14-15,19H2,1-3H3;4-13,16-18,22-23H,14-15,19H2,1-3H3;10H,6-9H2,1-5H3/q2*+1;/t2*22-,23-;10?,14-/m001/s1. The third-order valence-corrected chi connectivity index (χ3v) is 27.3. The number of Topliss-reactive ketones (excluding diaryl/α,β-unsaturated/α-hetero) is 1. The summed E-state index contributed by atoms with van der Waals surface area (Å²) in [6.45, 7) is 22.7. The number of sulfone groups is 1. The highest BCUT2D eigenvalue weighted by Crippen LogP contribution is 2.76. The molecule has 4 fully saturated rings. The third kappa shape index (κ3) is 11.6. The molecule has 2 saturated carbocycles. The summed E-state index contributed by atoms with van der Waals surface area (Å²) < 4.78 is 47.9. The van der Waals surface area contributed by atoms with Crippen molar-refractivity contribution in [1.29, 1.82) is 0 Å².